The van der Waals surface area contributed by atoms with Crippen LogP contribution in [0.2, 0.25) is 22.2 Å². The number of aromatic amines is 1. The lowest BCUT2D eigenvalue weighted by molar-refractivity contribution is -0.136. The number of hydrogen-bond acceptors (Lipinski definition) is 7. The molecule has 2 fully saturated rings. The van der Waals surface area contributed by atoms with Crippen LogP contribution in [0.3, 0.4) is 0 Å². The van der Waals surface area contributed by atoms with E-state index in [1.807, 2.05) is 0 Å². The molecule has 0 aromatic carbocycles. The van der Waals surface area contributed by atoms with E-state index in [0.29, 0.717) is 5.56 Å². The summed E-state index contributed by atoms with van der Waals surface area (Å²) < 4.78 is 22.1. The van der Waals surface area contributed by atoms with Crippen molar-refractivity contribution in [1.82, 2.24) is 14.5 Å². The summed E-state index contributed by atoms with van der Waals surface area (Å²) in [6.45, 7) is 19.9. The molecule has 3 rings (SSSR count). The molecule has 1 amide bonds. The summed E-state index contributed by atoms with van der Waals surface area (Å²) in [5.41, 5.74) is -0.573. The van der Waals surface area contributed by atoms with E-state index in [9.17, 15) is 19.5 Å². The number of nitrogens with one attached hydrogen (secondary N) is 1. The average molecular weight is 542 g/mol. The molecule has 0 bridgehead atoms. The van der Waals surface area contributed by atoms with Crippen LogP contribution in [-0.4, -0.2) is 67.4 Å². The molecule has 12 heteroatoms. The predicted molar refractivity (Wildman–Crippen MR) is 141 cm³/mol. The fraction of sp³-hybridized carbons (Fsp3) is 0.792. The second kappa shape index (κ2) is 10.3. The molecule has 2 aliphatic rings. The Bertz CT molecular complexity index is 1070. The minimum absolute atomic E-state index is 0.0410. The van der Waals surface area contributed by atoms with Crippen LogP contribution in [0.15, 0.2) is 15.8 Å². The number of carbonyl (C=O) groups excluding carboxylic acids is 1. The summed E-state index contributed by atoms with van der Waals surface area (Å²) >= 11 is 0. The maximum atomic E-state index is 13.1. The Morgan fingerprint density at radius 3 is 2.03 bits per heavy atom. The van der Waals surface area contributed by atoms with Gasteiger partial charge in [-0.1, -0.05) is 55.4 Å². The number of H-pyrrole nitrogens is 1. The largest absolute Gasteiger partial charge is 0.414 e. The smallest absolute Gasteiger partial charge is 0.335 e. The Kier molecular flexibility index (Phi) is 8.29. The van der Waals surface area contributed by atoms with Crippen molar-refractivity contribution in [1.29, 1.82) is 0 Å². The van der Waals surface area contributed by atoms with E-state index in [0.717, 1.165) is 0 Å². The van der Waals surface area contributed by atoms with Gasteiger partial charge in [-0.15, -0.1) is 0 Å². The fourth-order valence-corrected chi connectivity index (χ4v) is 17.1. The molecule has 1 aromatic rings. The zero-order chi connectivity index (χ0) is 27.3. The molecular weight excluding hydrogens is 498 g/mol. The lowest BCUT2D eigenvalue weighted by atomic mass is 10.1. The van der Waals surface area contributed by atoms with E-state index < -0.39 is 52.8 Å². The second-order valence-corrected chi connectivity index (χ2v) is 20.3. The normalized spacial score (nSPS) is 28.0. The number of carbonyl (C=O) groups is 1. The van der Waals surface area contributed by atoms with E-state index in [2.05, 4.69) is 60.4 Å². The number of fused-ring (bicyclic) bond motifs is 1. The predicted octanol–water partition coefficient (Wildman–Crippen LogP) is 2.89. The van der Waals surface area contributed by atoms with E-state index in [-0.39, 0.29) is 34.7 Å². The van der Waals surface area contributed by atoms with Crippen molar-refractivity contribution in [3.8, 4) is 0 Å². The van der Waals surface area contributed by atoms with Gasteiger partial charge in [0, 0.05) is 18.7 Å². The highest BCUT2D eigenvalue weighted by atomic mass is 28.5. The third-order valence-corrected chi connectivity index (χ3v) is 18.0. The first-order chi connectivity index (χ1) is 16.6. The molecular formula is C24H43N3O7Si2. The van der Waals surface area contributed by atoms with E-state index in [1.165, 1.54) is 22.6 Å². The van der Waals surface area contributed by atoms with Crippen LogP contribution in [0.5, 0.6) is 0 Å². The molecule has 0 spiro atoms. The van der Waals surface area contributed by atoms with Gasteiger partial charge in [0.2, 0.25) is 5.91 Å². The Labute approximate surface area is 215 Å². The second-order valence-electron chi connectivity index (χ2n) is 11.4. The van der Waals surface area contributed by atoms with E-state index in [4.69, 9.17) is 13.0 Å². The minimum Gasteiger partial charge on any atom is -0.414 e. The van der Waals surface area contributed by atoms with Gasteiger partial charge in [-0.2, -0.15) is 0 Å². The topological polar surface area (TPSA) is 123 Å². The quantitative estimate of drug-likeness (QED) is 0.550. The Balaban J connectivity index is 2.24. The SMILES string of the molecule is CC(=O)N1[C@@H]2CO[Si](C(C)C)(C(C)C)O[Si](C(C)C)(C(C)C)O[C@H]2[C@@H](O)[C@@H]1n1cc(C)c(=O)[nH]c1=O. The van der Waals surface area contributed by atoms with Gasteiger partial charge in [-0.05, 0) is 29.1 Å². The van der Waals surface area contributed by atoms with Gasteiger partial charge < -0.3 is 23.0 Å². The average Bonchev–Trinajstić information content (AvgIpc) is 3.00. The minimum atomic E-state index is -3.04. The molecule has 1 aromatic heterocycles. The van der Waals surface area contributed by atoms with Crippen molar-refractivity contribution in [3.63, 3.8) is 0 Å². The molecule has 4 atom stereocenters. The fourth-order valence-electron chi connectivity index (χ4n) is 5.88. The standard InChI is InChI=1S/C24H43N3O7Si2/c1-13(2)35(14(3)4)32-12-19-21(33-36(34-35,15(5)6)16(7)8)20(29)23(27(19)18(10)28)26-11-17(9)22(30)25-24(26)31/h11,13-16,19-21,23,29H,12H2,1-10H3,(H,25,30,31)/t19-,20-,21-,23-/m1/s1. The van der Waals surface area contributed by atoms with Crippen LogP contribution in [-0.2, 0) is 17.8 Å². The summed E-state index contributed by atoms with van der Waals surface area (Å²) in [6, 6.07) is -0.626. The van der Waals surface area contributed by atoms with E-state index in [1.54, 1.807) is 6.92 Å². The van der Waals surface area contributed by atoms with Crippen LogP contribution >= 0.6 is 0 Å². The van der Waals surface area contributed by atoms with Crippen molar-refractivity contribution < 1.29 is 22.9 Å². The molecule has 0 unspecified atom stereocenters. The highest BCUT2D eigenvalue weighted by Crippen LogP contribution is 2.48. The van der Waals surface area contributed by atoms with Gasteiger partial charge >= 0.3 is 22.8 Å². The Morgan fingerprint density at radius 2 is 1.56 bits per heavy atom. The Morgan fingerprint density at radius 1 is 1.03 bits per heavy atom. The van der Waals surface area contributed by atoms with Crippen molar-refractivity contribution in [2.75, 3.05) is 6.61 Å². The van der Waals surface area contributed by atoms with Gasteiger partial charge in [-0.25, -0.2) is 4.79 Å². The highest BCUT2D eigenvalue weighted by Gasteiger charge is 2.63. The maximum absolute atomic E-state index is 13.1. The van der Waals surface area contributed by atoms with Gasteiger partial charge in [0.1, 0.15) is 12.3 Å². The number of aliphatic hydroxyl groups excluding tert-OH is 1. The monoisotopic (exact) mass is 541 g/mol. The summed E-state index contributed by atoms with van der Waals surface area (Å²) in [6.07, 6.45) is -1.72. The molecule has 0 radical (unpaired) electrons. The highest BCUT2D eigenvalue weighted by molar-refractivity contribution is 6.84. The van der Waals surface area contributed by atoms with Crippen molar-refractivity contribution in [2.24, 2.45) is 0 Å². The van der Waals surface area contributed by atoms with Gasteiger partial charge in [0.05, 0.1) is 18.8 Å². The number of likely N-dealkylation sites (tertiary alicyclic amines) is 1. The molecule has 2 aliphatic heterocycles. The van der Waals surface area contributed by atoms with Gasteiger partial charge in [0.15, 0.2) is 0 Å². The molecule has 10 nitrogen and oxygen atoms in total. The zero-order valence-electron chi connectivity index (χ0n) is 23.2. The molecule has 0 saturated carbocycles. The lowest BCUT2D eigenvalue weighted by Gasteiger charge is -2.51. The van der Waals surface area contributed by atoms with Crippen molar-refractivity contribution in [3.05, 3.63) is 32.6 Å². The summed E-state index contributed by atoms with van der Waals surface area (Å²) in [5.74, 6) is -0.321. The first-order valence-electron chi connectivity index (χ1n) is 12.9. The number of aryl methyl sites for hydroxylation is 1. The van der Waals surface area contributed by atoms with E-state index >= 15 is 0 Å². The molecule has 36 heavy (non-hydrogen) atoms. The van der Waals surface area contributed by atoms with Gasteiger partial charge in [0.25, 0.3) is 5.56 Å². The Hall–Kier alpha value is -1.58. The first-order valence-corrected chi connectivity index (χ1v) is 16.9. The summed E-state index contributed by atoms with van der Waals surface area (Å²) in [4.78, 5) is 41.7. The maximum Gasteiger partial charge on any atom is 0.335 e. The van der Waals surface area contributed by atoms with Crippen molar-refractivity contribution >= 4 is 23.0 Å². The molecule has 0 aliphatic carbocycles. The number of aromatic nitrogens is 2. The molecule has 2 N–H and O–H groups in total. The van der Waals surface area contributed by atoms with Crippen LogP contribution in [0, 0.1) is 6.92 Å². The van der Waals surface area contributed by atoms with Gasteiger partial charge in [-0.3, -0.25) is 19.1 Å². The number of rotatable bonds is 5. The number of aliphatic hydroxyl groups is 1. The third kappa shape index (κ3) is 4.60. The van der Waals surface area contributed by atoms with Crippen LogP contribution in [0.1, 0.15) is 74.0 Å². The van der Waals surface area contributed by atoms with Crippen LogP contribution in [0.4, 0.5) is 0 Å². The van der Waals surface area contributed by atoms with Crippen LogP contribution in [0.25, 0.3) is 0 Å². The molecule has 204 valence electrons. The third-order valence-electron chi connectivity index (χ3n) is 7.80. The summed E-state index contributed by atoms with van der Waals surface area (Å²) in [7, 11) is -5.90. The van der Waals surface area contributed by atoms with Crippen molar-refractivity contribution in [2.45, 2.75) is 116 Å². The molecule has 2 saturated heterocycles. The number of hydrogen-bond donors (Lipinski definition) is 2. The number of amides is 1. The lowest BCUT2D eigenvalue weighted by Crippen LogP contribution is -2.66. The molecule has 3 heterocycles. The van der Waals surface area contributed by atoms with Crippen LogP contribution < -0.4 is 11.2 Å². The summed E-state index contributed by atoms with van der Waals surface area (Å²) in [5, 5.41) is 11.7. The number of nitrogens with zero attached hydrogens (tertiary/aromatic N) is 2. The zero-order valence-corrected chi connectivity index (χ0v) is 25.2. The first kappa shape index (κ1) is 29.0.